The summed E-state index contributed by atoms with van der Waals surface area (Å²) in [6, 6.07) is 40.1. The third kappa shape index (κ3) is 8.75. The third-order valence-electron chi connectivity index (χ3n) is 11.4. The molecule has 2 aliphatic heterocycles. The lowest BCUT2D eigenvalue weighted by atomic mass is 9.68. The van der Waals surface area contributed by atoms with E-state index in [0.29, 0.717) is 19.4 Å². The van der Waals surface area contributed by atoms with Crippen LogP contribution in [-0.4, -0.2) is 68.6 Å². The predicted octanol–water partition coefficient (Wildman–Crippen LogP) is 9.05. The van der Waals surface area contributed by atoms with Crippen molar-refractivity contribution in [2.75, 3.05) is 57.8 Å². The van der Waals surface area contributed by atoms with Gasteiger partial charge < -0.3 is 19.4 Å². The first-order chi connectivity index (χ1) is 26.4. The Bertz CT molecular complexity index is 1920. The van der Waals surface area contributed by atoms with E-state index < -0.39 is 5.41 Å². The largest absolute Gasteiger partial charge is 0.493 e. The molecular weight excluding hydrogens is 677 g/mol. The molecule has 0 saturated carbocycles. The number of unbranched alkanes of at least 4 members (excludes halogenated alkanes) is 1. The fourth-order valence-corrected chi connectivity index (χ4v) is 8.49. The zero-order valence-corrected chi connectivity index (χ0v) is 31.3. The van der Waals surface area contributed by atoms with Gasteiger partial charge in [-0.05, 0) is 110 Å². The van der Waals surface area contributed by atoms with Crippen molar-refractivity contribution in [2.24, 2.45) is 0 Å². The molecule has 54 heavy (non-hydrogen) atoms. The molecule has 7 rings (SSSR count). The molecule has 0 N–H and O–H groups in total. The van der Waals surface area contributed by atoms with Gasteiger partial charge in [-0.25, -0.2) is 8.78 Å². The van der Waals surface area contributed by atoms with Crippen LogP contribution in [0.1, 0.15) is 59.4 Å². The Morgan fingerprint density at radius 2 is 1.24 bits per heavy atom. The summed E-state index contributed by atoms with van der Waals surface area (Å²) in [6.45, 7) is 6.81. The van der Waals surface area contributed by atoms with Crippen molar-refractivity contribution in [1.29, 1.82) is 0 Å². The summed E-state index contributed by atoms with van der Waals surface area (Å²) >= 11 is 0. The maximum absolute atomic E-state index is 14.4. The summed E-state index contributed by atoms with van der Waals surface area (Å²) in [5, 5.41) is 0. The Balaban J connectivity index is 0.901. The van der Waals surface area contributed by atoms with E-state index in [1.807, 2.05) is 84.7 Å². The average Bonchev–Trinajstić information content (AvgIpc) is 3.20. The number of nitrogens with zero attached hydrogens (tertiary/aromatic N) is 3. The molecule has 1 unspecified atom stereocenters. The molecule has 0 aromatic heterocycles. The maximum atomic E-state index is 14.4. The fraction of sp³-hybridized carbons (Fsp3) is 0.340. The summed E-state index contributed by atoms with van der Waals surface area (Å²) in [7, 11) is 1.89. The molecule has 0 bridgehead atoms. The summed E-state index contributed by atoms with van der Waals surface area (Å²) in [5.41, 5.74) is 5.59. The van der Waals surface area contributed by atoms with Gasteiger partial charge in [0.2, 0.25) is 5.91 Å². The van der Waals surface area contributed by atoms with Crippen LogP contribution in [-0.2, 0) is 23.1 Å². The molecule has 5 nitrogen and oxygen atoms in total. The number of para-hydroxylation sites is 2. The second kappa shape index (κ2) is 17.5. The standard InChI is InChI=1S/C47H51F2N3O2/c1-50-44-17-7-5-14-39(44)35-47(46(50)53,34-36-12-3-2-4-13-36)43-16-6-8-18-45(43)54-33-10-9-27-51-29-31-52(32-30-51)28-11-15-42(37-19-23-40(48)24-20-37)38-21-25-41(49)26-22-38/h2-8,12-14,16-26,42H,9-11,15,27-35H2,1H3. The SMILES string of the molecule is CN1C(=O)C(Cc2ccccc2)(c2ccccc2OCCCCN2CCN(CCCC(c3ccc(F)cc3)c3ccc(F)cc3)CC2)Cc2ccccc21. The van der Waals surface area contributed by atoms with Crippen LogP contribution in [0.3, 0.4) is 0 Å². The zero-order valence-electron chi connectivity index (χ0n) is 31.3. The molecule has 2 heterocycles. The Morgan fingerprint density at radius 3 is 1.91 bits per heavy atom. The number of halogens is 2. The number of amides is 1. The van der Waals surface area contributed by atoms with Crippen LogP contribution in [0.2, 0.25) is 0 Å². The number of hydrogen-bond acceptors (Lipinski definition) is 4. The molecule has 2 aliphatic rings. The molecule has 1 fully saturated rings. The van der Waals surface area contributed by atoms with Gasteiger partial charge in [0.05, 0.1) is 12.0 Å². The van der Waals surface area contributed by atoms with E-state index in [1.165, 1.54) is 29.8 Å². The second-order valence-corrected chi connectivity index (χ2v) is 14.9. The minimum absolute atomic E-state index is 0.0980. The molecule has 1 saturated heterocycles. The van der Waals surface area contributed by atoms with E-state index in [4.69, 9.17) is 4.74 Å². The van der Waals surface area contributed by atoms with Crippen molar-refractivity contribution in [3.8, 4) is 5.75 Å². The fourth-order valence-electron chi connectivity index (χ4n) is 8.49. The number of hydrogen-bond donors (Lipinski definition) is 0. The van der Waals surface area contributed by atoms with Gasteiger partial charge in [0.25, 0.3) is 0 Å². The van der Waals surface area contributed by atoms with Crippen molar-refractivity contribution >= 4 is 11.6 Å². The second-order valence-electron chi connectivity index (χ2n) is 14.9. The molecule has 5 aromatic carbocycles. The first-order valence-electron chi connectivity index (χ1n) is 19.5. The van der Waals surface area contributed by atoms with Gasteiger partial charge in [-0.15, -0.1) is 0 Å². The lowest BCUT2D eigenvalue weighted by molar-refractivity contribution is -0.124. The van der Waals surface area contributed by atoms with Crippen molar-refractivity contribution in [1.82, 2.24) is 9.80 Å². The lowest BCUT2D eigenvalue weighted by Gasteiger charge is -2.42. The quantitative estimate of drug-likeness (QED) is 0.101. The van der Waals surface area contributed by atoms with Gasteiger partial charge in [-0.2, -0.15) is 0 Å². The monoisotopic (exact) mass is 727 g/mol. The van der Waals surface area contributed by atoms with Crippen molar-refractivity contribution < 1.29 is 18.3 Å². The van der Waals surface area contributed by atoms with Crippen LogP contribution >= 0.6 is 0 Å². The molecule has 1 atom stereocenters. The highest BCUT2D eigenvalue weighted by molar-refractivity contribution is 6.04. The van der Waals surface area contributed by atoms with Crippen LogP contribution in [0.25, 0.3) is 0 Å². The zero-order chi connectivity index (χ0) is 37.3. The van der Waals surface area contributed by atoms with E-state index in [-0.39, 0.29) is 23.5 Å². The molecular formula is C47H51F2N3O2. The van der Waals surface area contributed by atoms with Gasteiger partial charge in [-0.3, -0.25) is 4.79 Å². The number of ether oxygens (including phenoxy) is 1. The van der Waals surface area contributed by atoms with Crippen molar-refractivity contribution in [3.63, 3.8) is 0 Å². The summed E-state index contributed by atoms with van der Waals surface area (Å²) in [4.78, 5) is 21.3. The Morgan fingerprint density at radius 1 is 0.667 bits per heavy atom. The van der Waals surface area contributed by atoms with E-state index >= 15 is 0 Å². The maximum Gasteiger partial charge on any atom is 0.238 e. The molecule has 7 heteroatoms. The molecule has 5 aromatic rings. The van der Waals surface area contributed by atoms with Crippen LogP contribution in [0.5, 0.6) is 5.75 Å². The number of fused-ring (bicyclic) bond motifs is 1. The summed E-state index contributed by atoms with van der Waals surface area (Å²) in [6.07, 6.45) is 5.14. The highest BCUT2D eigenvalue weighted by atomic mass is 19.1. The lowest BCUT2D eigenvalue weighted by Crippen LogP contribution is -2.52. The number of anilines is 1. The van der Waals surface area contributed by atoms with Gasteiger partial charge in [0.1, 0.15) is 17.4 Å². The smallest absolute Gasteiger partial charge is 0.238 e. The number of rotatable bonds is 15. The Labute approximate surface area is 319 Å². The molecule has 0 aliphatic carbocycles. The van der Waals surface area contributed by atoms with Crippen LogP contribution < -0.4 is 9.64 Å². The van der Waals surface area contributed by atoms with Crippen LogP contribution in [0, 0.1) is 11.6 Å². The minimum Gasteiger partial charge on any atom is -0.493 e. The van der Waals surface area contributed by atoms with Crippen LogP contribution in [0.4, 0.5) is 14.5 Å². The highest BCUT2D eigenvalue weighted by Gasteiger charge is 2.48. The number of piperazine rings is 1. The Kier molecular flexibility index (Phi) is 12.2. The van der Waals surface area contributed by atoms with E-state index in [1.54, 1.807) is 0 Å². The number of carbonyl (C=O) groups excluding carboxylic acids is 1. The van der Waals surface area contributed by atoms with Gasteiger partial charge in [0, 0.05) is 50.4 Å². The summed E-state index contributed by atoms with van der Waals surface area (Å²) < 4.78 is 33.8. The molecule has 0 radical (unpaired) electrons. The predicted molar refractivity (Wildman–Crippen MR) is 213 cm³/mol. The molecule has 0 spiro atoms. The first-order valence-corrected chi connectivity index (χ1v) is 19.5. The highest BCUT2D eigenvalue weighted by Crippen LogP contribution is 2.45. The Hall–Kier alpha value is -4.85. The van der Waals surface area contributed by atoms with E-state index in [9.17, 15) is 13.6 Å². The van der Waals surface area contributed by atoms with Crippen molar-refractivity contribution in [3.05, 3.63) is 167 Å². The average molecular weight is 728 g/mol. The first kappa shape index (κ1) is 37.5. The number of likely N-dealkylation sites (N-methyl/N-ethyl adjacent to an activating group) is 1. The van der Waals surface area contributed by atoms with Crippen molar-refractivity contribution in [2.45, 2.75) is 49.9 Å². The van der Waals surface area contributed by atoms with Gasteiger partial charge in [-0.1, -0.05) is 91.0 Å². The molecule has 280 valence electrons. The van der Waals surface area contributed by atoms with Gasteiger partial charge >= 0.3 is 0 Å². The minimum atomic E-state index is -0.774. The third-order valence-corrected chi connectivity index (χ3v) is 11.4. The topological polar surface area (TPSA) is 36.0 Å². The normalized spacial score (nSPS) is 17.9. The summed E-state index contributed by atoms with van der Waals surface area (Å²) in [5.74, 6) is 0.515. The van der Waals surface area contributed by atoms with Crippen LogP contribution in [0.15, 0.2) is 127 Å². The van der Waals surface area contributed by atoms with E-state index in [0.717, 1.165) is 98.6 Å². The van der Waals surface area contributed by atoms with E-state index in [2.05, 4.69) is 40.1 Å². The number of benzene rings is 5. The number of carbonyl (C=O) groups is 1. The molecule has 1 amide bonds. The van der Waals surface area contributed by atoms with Gasteiger partial charge in [0.15, 0.2) is 0 Å².